The van der Waals surface area contributed by atoms with Gasteiger partial charge in [0.15, 0.2) is 12.2 Å². The van der Waals surface area contributed by atoms with Crippen molar-refractivity contribution in [1.82, 2.24) is 10.2 Å². The van der Waals surface area contributed by atoms with Gasteiger partial charge in [0.25, 0.3) is 0 Å². The number of carbonyl (C=O) groups is 2. The van der Waals surface area contributed by atoms with Crippen molar-refractivity contribution in [3.05, 3.63) is 34.6 Å². The van der Waals surface area contributed by atoms with Crippen molar-refractivity contribution in [2.24, 2.45) is 0 Å². The highest BCUT2D eigenvalue weighted by atomic mass is 35.5. The van der Waals surface area contributed by atoms with Crippen molar-refractivity contribution in [3.8, 4) is 0 Å². The fourth-order valence-electron chi connectivity index (χ4n) is 2.90. The van der Waals surface area contributed by atoms with Crippen molar-refractivity contribution < 1.29 is 39.5 Å². The Labute approximate surface area is 178 Å². The summed E-state index contributed by atoms with van der Waals surface area (Å²) in [6.45, 7) is 6.69. The Morgan fingerprint density at radius 3 is 2.23 bits per heavy atom. The van der Waals surface area contributed by atoms with E-state index in [9.17, 15) is 19.1 Å². The predicted octanol–water partition coefficient (Wildman–Crippen LogP) is 0.291. The molecule has 0 aliphatic carbocycles. The highest BCUT2D eigenvalue weighted by Gasteiger charge is 2.29. The summed E-state index contributed by atoms with van der Waals surface area (Å²) in [5, 5.41) is 46.4. The van der Waals surface area contributed by atoms with E-state index in [4.69, 9.17) is 32.0 Å². The normalized spacial score (nSPS) is 18.5. The van der Waals surface area contributed by atoms with Crippen LogP contribution in [0.4, 0.5) is 4.39 Å². The molecule has 0 saturated carbocycles. The van der Waals surface area contributed by atoms with E-state index in [2.05, 4.69) is 10.2 Å². The Morgan fingerprint density at radius 1 is 1.27 bits per heavy atom. The molecule has 0 bridgehead atoms. The van der Waals surface area contributed by atoms with Gasteiger partial charge in [0, 0.05) is 30.7 Å². The summed E-state index contributed by atoms with van der Waals surface area (Å²) >= 11 is 6.11. The topological polar surface area (TPSA) is 151 Å². The van der Waals surface area contributed by atoms with Crippen LogP contribution in [0.5, 0.6) is 0 Å². The largest absolute Gasteiger partial charge is 0.479 e. The Morgan fingerprint density at radius 2 is 1.83 bits per heavy atom. The fourth-order valence-corrected chi connectivity index (χ4v) is 3.13. The molecule has 0 aromatic heterocycles. The van der Waals surface area contributed by atoms with Gasteiger partial charge in [-0.3, -0.25) is 4.90 Å². The van der Waals surface area contributed by atoms with Gasteiger partial charge in [-0.05, 0) is 44.5 Å². The Hall–Kier alpha value is -1.82. The SMILES string of the molecule is CC(C)(O)CN(Cc1ccc(F)cc1Cl)[C@H]1CCNC1.O=C(O)C(O)C(O)C(=O)O. The molecule has 6 N–H and O–H groups in total. The summed E-state index contributed by atoms with van der Waals surface area (Å²) in [5.41, 5.74) is 0.124. The number of hydrogen-bond donors (Lipinski definition) is 6. The molecule has 1 aliphatic rings. The van der Waals surface area contributed by atoms with Crippen LogP contribution in [0.3, 0.4) is 0 Å². The average Bonchev–Trinajstić information content (AvgIpc) is 3.16. The number of hydrogen-bond acceptors (Lipinski definition) is 7. The number of nitrogens with zero attached hydrogens (tertiary/aromatic N) is 1. The first kappa shape index (κ1) is 26.2. The summed E-state index contributed by atoms with van der Waals surface area (Å²) in [6, 6.07) is 4.86. The number of halogens is 2. The molecule has 0 amide bonds. The van der Waals surface area contributed by atoms with Gasteiger partial charge in [0.05, 0.1) is 5.60 Å². The average molecular weight is 451 g/mol. The molecule has 3 atom stereocenters. The molecule has 1 aromatic rings. The van der Waals surface area contributed by atoms with Crippen LogP contribution in [0, 0.1) is 5.82 Å². The minimum Gasteiger partial charge on any atom is -0.479 e. The van der Waals surface area contributed by atoms with Crippen molar-refractivity contribution in [1.29, 1.82) is 0 Å². The Balaban J connectivity index is 0.000000382. The minimum absolute atomic E-state index is 0.324. The van der Waals surface area contributed by atoms with Gasteiger partial charge in [-0.15, -0.1) is 0 Å². The first-order valence-electron chi connectivity index (χ1n) is 9.24. The third-order valence-electron chi connectivity index (χ3n) is 4.33. The van der Waals surface area contributed by atoms with Crippen molar-refractivity contribution in [3.63, 3.8) is 0 Å². The van der Waals surface area contributed by atoms with Crippen LogP contribution in [0.25, 0.3) is 0 Å². The maximum Gasteiger partial charge on any atom is 0.335 e. The fraction of sp³-hybridized carbons (Fsp3) is 0.579. The quantitative estimate of drug-likeness (QED) is 0.328. The molecular weight excluding hydrogens is 423 g/mol. The number of aliphatic hydroxyl groups is 3. The van der Waals surface area contributed by atoms with Gasteiger partial charge >= 0.3 is 11.9 Å². The number of rotatable bonds is 8. The molecule has 2 rings (SSSR count). The molecule has 1 heterocycles. The first-order valence-corrected chi connectivity index (χ1v) is 9.62. The molecule has 30 heavy (non-hydrogen) atoms. The van der Waals surface area contributed by atoms with E-state index in [1.807, 2.05) is 0 Å². The van der Waals surface area contributed by atoms with Crippen LogP contribution in [-0.4, -0.2) is 85.9 Å². The molecule has 1 aromatic carbocycles. The van der Waals surface area contributed by atoms with E-state index in [-0.39, 0.29) is 5.82 Å². The zero-order chi connectivity index (χ0) is 23.1. The Kier molecular flexibility index (Phi) is 10.1. The van der Waals surface area contributed by atoms with Gasteiger partial charge in [-0.1, -0.05) is 17.7 Å². The van der Waals surface area contributed by atoms with Gasteiger partial charge in [-0.25, -0.2) is 14.0 Å². The summed E-state index contributed by atoms with van der Waals surface area (Å²) < 4.78 is 13.1. The molecule has 0 radical (unpaired) electrons. The highest BCUT2D eigenvalue weighted by molar-refractivity contribution is 6.31. The zero-order valence-corrected chi connectivity index (χ0v) is 17.5. The summed E-state index contributed by atoms with van der Waals surface area (Å²) in [5.74, 6) is -3.86. The lowest BCUT2D eigenvalue weighted by molar-refractivity contribution is -0.165. The lowest BCUT2D eigenvalue weighted by Gasteiger charge is -2.33. The maximum absolute atomic E-state index is 13.1. The van der Waals surface area contributed by atoms with Gasteiger partial charge < -0.3 is 30.8 Å². The molecule has 1 fully saturated rings. The second-order valence-electron chi connectivity index (χ2n) is 7.67. The van der Waals surface area contributed by atoms with Crippen LogP contribution in [-0.2, 0) is 16.1 Å². The minimum atomic E-state index is -2.27. The predicted molar refractivity (Wildman–Crippen MR) is 107 cm³/mol. The molecule has 1 aliphatic heterocycles. The van der Waals surface area contributed by atoms with E-state index in [0.717, 1.165) is 25.1 Å². The van der Waals surface area contributed by atoms with E-state index in [1.54, 1.807) is 19.9 Å². The first-order chi connectivity index (χ1) is 13.8. The van der Waals surface area contributed by atoms with Crippen molar-refractivity contribution in [2.75, 3.05) is 19.6 Å². The smallest absolute Gasteiger partial charge is 0.335 e. The molecule has 9 nitrogen and oxygen atoms in total. The molecular formula is C19H28ClFN2O7. The van der Waals surface area contributed by atoms with E-state index >= 15 is 0 Å². The van der Waals surface area contributed by atoms with Crippen LogP contribution in [0.15, 0.2) is 18.2 Å². The molecule has 11 heteroatoms. The molecule has 1 saturated heterocycles. The summed E-state index contributed by atoms with van der Waals surface area (Å²) in [4.78, 5) is 21.8. The lowest BCUT2D eigenvalue weighted by atomic mass is 10.1. The second-order valence-corrected chi connectivity index (χ2v) is 8.07. The summed E-state index contributed by atoms with van der Waals surface area (Å²) in [7, 11) is 0. The van der Waals surface area contributed by atoms with Crippen LogP contribution in [0.2, 0.25) is 5.02 Å². The highest BCUT2D eigenvalue weighted by Crippen LogP contribution is 2.22. The zero-order valence-electron chi connectivity index (χ0n) is 16.8. The number of nitrogens with one attached hydrogen (secondary N) is 1. The number of aliphatic hydroxyl groups excluding tert-OH is 2. The third kappa shape index (κ3) is 8.90. The maximum atomic E-state index is 13.1. The van der Waals surface area contributed by atoms with E-state index in [0.29, 0.717) is 24.2 Å². The lowest BCUT2D eigenvalue weighted by Crippen LogP contribution is -2.45. The van der Waals surface area contributed by atoms with E-state index in [1.165, 1.54) is 12.1 Å². The van der Waals surface area contributed by atoms with Crippen LogP contribution in [0.1, 0.15) is 25.8 Å². The van der Waals surface area contributed by atoms with Gasteiger partial charge in [0.2, 0.25) is 0 Å². The number of benzene rings is 1. The van der Waals surface area contributed by atoms with Crippen molar-refractivity contribution in [2.45, 2.75) is 50.7 Å². The number of aliphatic carboxylic acids is 2. The van der Waals surface area contributed by atoms with Crippen molar-refractivity contribution >= 4 is 23.5 Å². The monoisotopic (exact) mass is 450 g/mol. The van der Waals surface area contributed by atoms with Gasteiger partial charge in [0.1, 0.15) is 5.82 Å². The van der Waals surface area contributed by atoms with Crippen LogP contribution >= 0.6 is 11.6 Å². The second kappa shape index (κ2) is 11.5. The van der Waals surface area contributed by atoms with Gasteiger partial charge in [-0.2, -0.15) is 0 Å². The third-order valence-corrected chi connectivity index (χ3v) is 4.69. The Bertz CT molecular complexity index is 705. The van der Waals surface area contributed by atoms with Crippen LogP contribution < -0.4 is 5.32 Å². The number of carboxylic acids is 2. The summed E-state index contributed by atoms with van der Waals surface area (Å²) in [6.07, 6.45) is -3.48. The molecule has 2 unspecified atom stereocenters. The standard InChI is InChI=1S/C15H22ClFN2O.C4H6O6/c1-15(2,20)10-19(13-5-6-18-8-13)9-11-3-4-12(17)7-14(11)16;5-1(3(7)8)2(6)4(9)10/h3-4,7,13,18,20H,5-6,8-10H2,1-2H3;1-2,5-6H,(H,7,8)(H,9,10)/t13-;/m0./s1. The van der Waals surface area contributed by atoms with E-state index < -0.39 is 29.7 Å². The molecule has 170 valence electrons. The number of carboxylic acid groups (broad SMARTS) is 2. The molecule has 0 spiro atoms.